The summed E-state index contributed by atoms with van der Waals surface area (Å²) in [6.07, 6.45) is -1.93. The molecule has 0 aromatic rings. The highest BCUT2D eigenvalue weighted by molar-refractivity contribution is 6.35. The van der Waals surface area contributed by atoms with Crippen LogP contribution < -0.4 is 0 Å². The Morgan fingerprint density at radius 2 is 2.14 bits per heavy atom. The molecule has 0 spiro atoms. The van der Waals surface area contributed by atoms with Crippen LogP contribution in [-0.4, -0.2) is 66.7 Å². The largest absolute Gasteiger partial charge is 0.394 e. The number of hydrogen-bond donors (Lipinski definition) is 3. The van der Waals surface area contributed by atoms with E-state index in [0.717, 1.165) is 0 Å². The van der Waals surface area contributed by atoms with Crippen molar-refractivity contribution in [2.75, 3.05) is 19.8 Å². The highest BCUT2D eigenvalue weighted by Gasteiger charge is 2.42. The topological polar surface area (TPSA) is 79.2 Å². The molecule has 14 heavy (non-hydrogen) atoms. The van der Waals surface area contributed by atoms with E-state index >= 15 is 0 Å². The van der Waals surface area contributed by atoms with Gasteiger partial charge >= 0.3 is 0 Å². The van der Waals surface area contributed by atoms with Crippen molar-refractivity contribution < 1.29 is 24.8 Å². The van der Waals surface area contributed by atoms with Gasteiger partial charge in [-0.2, -0.15) is 0 Å². The molecule has 1 radical (unpaired) electrons. The van der Waals surface area contributed by atoms with Gasteiger partial charge in [0.2, 0.25) is 0 Å². The van der Waals surface area contributed by atoms with Crippen molar-refractivity contribution in [1.82, 2.24) is 0 Å². The summed E-state index contributed by atoms with van der Waals surface area (Å²) in [5.41, 5.74) is 0. The average molecular weight is 203 g/mol. The van der Waals surface area contributed by atoms with Crippen LogP contribution in [0, 0.1) is 0 Å². The van der Waals surface area contributed by atoms with E-state index in [1.165, 1.54) is 0 Å². The third-order valence-electron chi connectivity index (χ3n) is 2.28. The first-order valence-corrected chi connectivity index (χ1v) is 4.71. The molecule has 0 amide bonds. The minimum Gasteiger partial charge on any atom is -0.394 e. The van der Waals surface area contributed by atoms with Crippen molar-refractivity contribution in [2.24, 2.45) is 0 Å². The van der Waals surface area contributed by atoms with Gasteiger partial charge in [-0.1, -0.05) is 6.82 Å². The minimum atomic E-state index is -0.840. The van der Waals surface area contributed by atoms with Gasteiger partial charge in [-0.25, -0.2) is 0 Å². The molecule has 1 saturated heterocycles. The van der Waals surface area contributed by atoms with E-state index in [-0.39, 0.29) is 25.8 Å². The van der Waals surface area contributed by atoms with Crippen molar-refractivity contribution in [3.63, 3.8) is 0 Å². The van der Waals surface area contributed by atoms with Crippen molar-refractivity contribution in [3.05, 3.63) is 0 Å². The molecular weight excluding hydrogens is 187 g/mol. The summed E-state index contributed by atoms with van der Waals surface area (Å²) in [5.74, 6) is 0. The standard InChI is InChI=1S/C8H16BO5/c1-9-8-7(13-3-2-10)6(12)5(4-11)14-8/h5-8,10-12H,2-4H2,1H3. The fourth-order valence-corrected chi connectivity index (χ4v) is 1.57. The number of hydrogen-bond acceptors (Lipinski definition) is 5. The molecule has 1 fully saturated rings. The van der Waals surface area contributed by atoms with Gasteiger partial charge in [0.05, 0.1) is 25.8 Å². The molecule has 0 aromatic heterocycles. The number of rotatable bonds is 5. The van der Waals surface area contributed by atoms with Gasteiger partial charge in [0.15, 0.2) is 0 Å². The quantitative estimate of drug-likeness (QED) is 0.459. The molecule has 81 valence electrons. The summed E-state index contributed by atoms with van der Waals surface area (Å²) in [5, 5.41) is 27.1. The Balaban J connectivity index is 2.51. The second-order valence-corrected chi connectivity index (χ2v) is 3.20. The fraction of sp³-hybridized carbons (Fsp3) is 1.00. The van der Waals surface area contributed by atoms with E-state index in [2.05, 4.69) is 0 Å². The van der Waals surface area contributed by atoms with Crippen molar-refractivity contribution >= 4 is 7.28 Å². The highest BCUT2D eigenvalue weighted by Crippen LogP contribution is 2.23. The van der Waals surface area contributed by atoms with Crippen molar-refractivity contribution in [3.8, 4) is 0 Å². The summed E-state index contributed by atoms with van der Waals surface area (Å²) < 4.78 is 10.6. The van der Waals surface area contributed by atoms with Gasteiger partial charge < -0.3 is 24.8 Å². The van der Waals surface area contributed by atoms with Crippen LogP contribution in [0.25, 0.3) is 0 Å². The SMILES string of the molecule is C[B]C1OC(CO)C(O)C1OCCO. The zero-order valence-electron chi connectivity index (χ0n) is 8.17. The summed E-state index contributed by atoms with van der Waals surface area (Å²) >= 11 is 0. The lowest BCUT2D eigenvalue weighted by Gasteiger charge is -2.19. The zero-order chi connectivity index (χ0) is 10.6. The van der Waals surface area contributed by atoms with Gasteiger partial charge in [0, 0.05) is 0 Å². The zero-order valence-corrected chi connectivity index (χ0v) is 8.17. The van der Waals surface area contributed by atoms with Gasteiger partial charge in [0.1, 0.15) is 25.6 Å². The minimum absolute atomic E-state index is 0.0938. The van der Waals surface area contributed by atoms with Crippen LogP contribution in [0.4, 0.5) is 0 Å². The molecule has 6 heteroatoms. The molecule has 0 bridgehead atoms. The van der Waals surface area contributed by atoms with Gasteiger partial charge in [-0.15, -0.1) is 0 Å². The van der Waals surface area contributed by atoms with Gasteiger partial charge in [0.25, 0.3) is 0 Å². The average Bonchev–Trinajstić information content (AvgIpc) is 2.52. The second-order valence-electron chi connectivity index (χ2n) is 3.20. The molecule has 1 aliphatic heterocycles. The van der Waals surface area contributed by atoms with Crippen LogP contribution in [0.2, 0.25) is 6.82 Å². The summed E-state index contributed by atoms with van der Waals surface area (Å²) in [6.45, 7) is 1.63. The molecular formula is C8H16BO5. The third kappa shape index (κ3) is 2.46. The Bertz CT molecular complexity index is 166. The smallest absolute Gasteiger partial charge is 0.149 e. The molecule has 1 aliphatic rings. The summed E-state index contributed by atoms with van der Waals surface area (Å²) in [4.78, 5) is 0. The number of aliphatic hydroxyl groups is 3. The predicted molar refractivity (Wildman–Crippen MR) is 50.2 cm³/mol. The highest BCUT2D eigenvalue weighted by atomic mass is 16.6. The molecule has 0 aliphatic carbocycles. The third-order valence-corrected chi connectivity index (χ3v) is 2.28. The Labute approximate surface area is 83.9 Å². The van der Waals surface area contributed by atoms with Gasteiger partial charge in [-0.05, 0) is 0 Å². The van der Waals surface area contributed by atoms with E-state index in [0.29, 0.717) is 0 Å². The Hall–Kier alpha value is -0.135. The fourth-order valence-electron chi connectivity index (χ4n) is 1.57. The monoisotopic (exact) mass is 203 g/mol. The molecule has 0 aromatic carbocycles. The van der Waals surface area contributed by atoms with Crippen LogP contribution >= 0.6 is 0 Å². The lowest BCUT2D eigenvalue weighted by molar-refractivity contribution is -0.0374. The lowest BCUT2D eigenvalue weighted by Crippen LogP contribution is -2.38. The molecule has 1 rings (SSSR count). The van der Waals surface area contributed by atoms with Crippen molar-refractivity contribution in [2.45, 2.75) is 31.1 Å². The molecule has 5 nitrogen and oxygen atoms in total. The summed E-state index contributed by atoms with van der Waals surface area (Å²) in [7, 11) is 1.76. The molecule has 3 N–H and O–H groups in total. The van der Waals surface area contributed by atoms with E-state index < -0.39 is 18.3 Å². The van der Waals surface area contributed by atoms with Crippen LogP contribution in [0.3, 0.4) is 0 Å². The van der Waals surface area contributed by atoms with E-state index in [1.54, 1.807) is 14.1 Å². The number of aliphatic hydroxyl groups excluding tert-OH is 3. The molecule has 4 unspecified atom stereocenters. The molecule has 1 heterocycles. The predicted octanol–water partition coefficient (Wildman–Crippen LogP) is -1.81. The maximum absolute atomic E-state index is 9.67. The number of ether oxygens (including phenoxy) is 2. The van der Waals surface area contributed by atoms with E-state index in [4.69, 9.17) is 19.7 Å². The molecule has 0 saturated carbocycles. The first-order valence-electron chi connectivity index (χ1n) is 4.71. The maximum atomic E-state index is 9.67. The summed E-state index contributed by atoms with van der Waals surface area (Å²) in [6, 6.07) is -0.325. The Kier molecular flexibility index (Phi) is 4.84. The van der Waals surface area contributed by atoms with Crippen LogP contribution in [0.1, 0.15) is 0 Å². The second kappa shape index (κ2) is 5.67. The lowest BCUT2D eigenvalue weighted by atomic mass is 9.72. The first-order chi connectivity index (χ1) is 6.74. The van der Waals surface area contributed by atoms with Gasteiger partial charge in [-0.3, -0.25) is 0 Å². The normalized spacial score (nSPS) is 37.4. The van der Waals surface area contributed by atoms with Crippen LogP contribution in [0.5, 0.6) is 0 Å². The van der Waals surface area contributed by atoms with Crippen LogP contribution in [-0.2, 0) is 9.47 Å². The molecule has 4 atom stereocenters. The van der Waals surface area contributed by atoms with Crippen LogP contribution in [0.15, 0.2) is 0 Å². The maximum Gasteiger partial charge on any atom is 0.149 e. The van der Waals surface area contributed by atoms with Crippen molar-refractivity contribution in [1.29, 1.82) is 0 Å². The first kappa shape index (κ1) is 11.9. The van der Waals surface area contributed by atoms with E-state index in [9.17, 15) is 5.11 Å². The Morgan fingerprint density at radius 3 is 2.64 bits per heavy atom. The Morgan fingerprint density at radius 1 is 1.43 bits per heavy atom. The van der Waals surface area contributed by atoms with E-state index in [1.807, 2.05) is 0 Å².